The largest absolute Gasteiger partial charge is 0.459 e. The first-order valence-corrected chi connectivity index (χ1v) is 7.88. The Bertz CT molecular complexity index is 744. The van der Waals surface area contributed by atoms with E-state index in [1.165, 1.54) is 19.1 Å². The van der Waals surface area contributed by atoms with Crippen LogP contribution in [0.25, 0.3) is 0 Å². The summed E-state index contributed by atoms with van der Waals surface area (Å²) >= 11 is 7.98. The lowest BCUT2D eigenvalue weighted by Crippen LogP contribution is -2.17. The van der Waals surface area contributed by atoms with Crippen molar-refractivity contribution in [2.75, 3.05) is 0 Å². The van der Waals surface area contributed by atoms with Gasteiger partial charge in [0, 0.05) is 39.0 Å². The number of carbonyl (C=O) groups excluding carboxylic acids is 1. The maximum Gasteiger partial charge on any atom is 0.459 e. The number of hydrazone groups is 1. The Kier molecular flexibility index (Phi) is 5.90. The van der Waals surface area contributed by atoms with Gasteiger partial charge in [-0.05, 0) is 36.4 Å². The van der Waals surface area contributed by atoms with E-state index < -0.39 is 5.02 Å². The molecule has 126 valence electrons. The van der Waals surface area contributed by atoms with Gasteiger partial charge in [0.1, 0.15) is 5.75 Å². The second-order valence-corrected chi connectivity index (χ2v) is 6.07. The van der Waals surface area contributed by atoms with E-state index in [1.807, 2.05) is 0 Å². The van der Waals surface area contributed by atoms with Crippen LogP contribution >= 0.6 is 27.5 Å². The molecule has 0 saturated carbocycles. The quantitative estimate of drug-likeness (QED) is 0.441. The molecule has 0 heterocycles. The first-order valence-electron chi connectivity index (χ1n) is 6.71. The highest BCUT2D eigenvalue weighted by atomic mass is 79.9. The number of benzene rings is 2. The highest BCUT2D eigenvalue weighted by Gasteiger charge is 2.26. The van der Waals surface area contributed by atoms with Crippen molar-refractivity contribution in [2.45, 2.75) is 11.9 Å². The third kappa shape index (κ3) is 5.58. The topological polar surface area (TPSA) is 50.7 Å². The van der Waals surface area contributed by atoms with E-state index in [0.29, 0.717) is 21.9 Å². The molecule has 2 aromatic carbocycles. The number of rotatable bonds is 5. The van der Waals surface area contributed by atoms with Gasteiger partial charge in [-0.2, -0.15) is 13.9 Å². The molecule has 24 heavy (non-hydrogen) atoms. The summed E-state index contributed by atoms with van der Waals surface area (Å²) in [5.74, 6) is -0.351. The minimum Gasteiger partial charge on any atom is -0.424 e. The standard InChI is InChI=1S/C16H12BrClF2N2O2/c1-10(23)21-22-15(11-2-6-13(18)7-3-11)12-4-8-14(9-5-12)24-16(17,19)20/h2-9H,1H3,(H,21,23). The van der Waals surface area contributed by atoms with Crippen LogP contribution in [0.15, 0.2) is 53.6 Å². The van der Waals surface area contributed by atoms with Gasteiger partial charge in [-0.1, -0.05) is 23.7 Å². The van der Waals surface area contributed by atoms with E-state index in [-0.39, 0.29) is 11.7 Å². The second kappa shape index (κ2) is 7.72. The van der Waals surface area contributed by atoms with Gasteiger partial charge in [0.15, 0.2) is 0 Å². The molecule has 4 nitrogen and oxygen atoms in total. The molecule has 2 aromatic rings. The van der Waals surface area contributed by atoms with Crippen LogP contribution in [0, 0.1) is 0 Å². The van der Waals surface area contributed by atoms with Gasteiger partial charge in [-0.3, -0.25) is 4.79 Å². The normalized spacial score (nSPS) is 12.0. The Morgan fingerprint density at radius 3 is 2.08 bits per heavy atom. The van der Waals surface area contributed by atoms with Crippen LogP contribution in [0.2, 0.25) is 5.02 Å². The minimum absolute atomic E-state index is 0.0180. The minimum atomic E-state index is -3.45. The van der Waals surface area contributed by atoms with Crippen molar-refractivity contribution in [2.24, 2.45) is 5.10 Å². The molecule has 0 bridgehead atoms. The fourth-order valence-electron chi connectivity index (χ4n) is 1.85. The number of halogens is 4. The molecule has 0 aliphatic rings. The van der Waals surface area contributed by atoms with Crippen molar-refractivity contribution in [3.8, 4) is 5.75 Å². The molecule has 0 unspecified atom stereocenters. The zero-order chi connectivity index (χ0) is 17.7. The fraction of sp³-hybridized carbons (Fsp3) is 0.125. The monoisotopic (exact) mass is 416 g/mol. The summed E-state index contributed by atoms with van der Waals surface area (Å²) in [4.78, 5) is 11.1. The van der Waals surface area contributed by atoms with Crippen LogP contribution < -0.4 is 10.2 Å². The average Bonchev–Trinajstić information content (AvgIpc) is 2.49. The molecular formula is C16H12BrClF2N2O2. The smallest absolute Gasteiger partial charge is 0.424 e. The summed E-state index contributed by atoms with van der Waals surface area (Å²) < 4.78 is 30.0. The number of amides is 1. The predicted molar refractivity (Wildman–Crippen MR) is 91.9 cm³/mol. The number of ether oxygens (including phenoxy) is 1. The predicted octanol–water partition coefficient (Wildman–Crippen LogP) is 4.55. The zero-order valence-corrected chi connectivity index (χ0v) is 14.7. The lowest BCUT2D eigenvalue weighted by Gasteiger charge is -2.12. The summed E-state index contributed by atoms with van der Waals surface area (Å²) in [6.45, 7) is 1.33. The molecule has 0 fully saturated rings. The second-order valence-electron chi connectivity index (χ2n) is 4.71. The van der Waals surface area contributed by atoms with Crippen molar-refractivity contribution >= 4 is 39.1 Å². The maximum atomic E-state index is 12.8. The molecular weight excluding hydrogens is 406 g/mol. The number of nitrogens with one attached hydrogen (secondary N) is 1. The van der Waals surface area contributed by atoms with Gasteiger partial charge in [0.25, 0.3) is 0 Å². The van der Waals surface area contributed by atoms with Gasteiger partial charge >= 0.3 is 5.02 Å². The first-order chi connectivity index (χ1) is 11.2. The van der Waals surface area contributed by atoms with Crippen LogP contribution in [0.1, 0.15) is 18.1 Å². The highest BCUT2D eigenvalue weighted by Crippen LogP contribution is 2.27. The maximum absolute atomic E-state index is 12.8. The summed E-state index contributed by atoms with van der Waals surface area (Å²) in [7, 11) is 0. The van der Waals surface area contributed by atoms with Crippen LogP contribution in [0.5, 0.6) is 5.75 Å². The fourth-order valence-corrected chi connectivity index (χ4v) is 2.17. The number of carbonyl (C=O) groups is 1. The van der Waals surface area contributed by atoms with Crippen LogP contribution in [-0.4, -0.2) is 16.6 Å². The molecule has 0 aliphatic heterocycles. The molecule has 2 rings (SSSR count). The molecule has 0 aromatic heterocycles. The Hall–Kier alpha value is -1.99. The van der Waals surface area contributed by atoms with Gasteiger partial charge in [-0.25, -0.2) is 5.43 Å². The van der Waals surface area contributed by atoms with Crippen LogP contribution in [-0.2, 0) is 4.79 Å². The van der Waals surface area contributed by atoms with E-state index in [1.54, 1.807) is 36.4 Å². The Morgan fingerprint density at radius 1 is 1.12 bits per heavy atom. The molecule has 0 spiro atoms. The zero-order valence-electron chi connectivity index (χ0n) is 12.4. The van der Waals surface area contributed by atoms with Crippen molar-refractivity contribution in [1.29, 1.82) is 0 Å². The Labute approximate surface area is 150 Å². The van der Waals surface area contributed by atoms with Crippen molar-refractivity contribution in [3.05, 3.63) is 64.7 Å². The molecule has 8 heteroatoms. The summed E-state index contributed by atoms with van der Waals surface area (Å²) in [6, 6.07) is 12.7. The molecule has 0 saturated heterocycles. The Morgan fingerprint density at radius 2 is 1.62 bits per heavy atom. The van der Waals surface area contributed by atoms with Crippen molar-refractivity contribution in [3.63, 3.8) is 0 Å². The summed E-state index contributed by atoms with van der Waals surface area (Å²) in [6.07, 6.45) is 0. The lowest BCUT2D eigenvalue weighted by atomic mass is 10.0. The number of alkyl halides is 3. The molecule has 1 amide bonds. The SMILES string of the molecule is CC(=O)NN=C(c1ccc(Cl)cc1)c1ccc(OC(F)(F)Br)cc1. The van der Waals surface area contributed by atoms with E-state index in [0.717, 1.165) is 0 Å². The van der Waals surface area contributed by atoms with E-state index in [4.69, 9.17) is 11.6 Å². The van der Waals surface area contributed by atoms with Crippen molar-refractivity contribution < 1.29 is 18.3 Å². The molecule has 1 N–H and O–H groups in total. The molecule has 0 radical (unpaired) electrons. The van der Waals surface area contributed by atoms with Gasteiger partial charge in [-0.15, -0.1) is 0 Å². The first kappa shape index (κ1) is 18.4. The third-order valence-electron chi connectivity index (χ3n) is 2.80. The molecule has 0 atom stereocenters. The Balaban J connectivity index is 2.35. The summed E-state index contributed by atoms with van der Waals surface area (Å²) in [5, 5.41) is 1.18. The van der Waals surface area contributed by atoms with Crippen LogP contribution in [0.4, 0.5) is 8.78 Å². The average molecular weight is 418 g/mol. The van der Waals surface area contributed by atoms with E-state index in [9.17, 15) is 13.6 Å². The van der Waals surface area contributed by atoms with Gasteiger partial charge in [0.2, 0.25) is 5.91 Å². The number of hydrogen-bond acceptors (Lipinski definition) is 3. The highest BCUT2D eigenvalue weighted by molar-refractivity contribution is 9.09. The van der Waals surface area contributed by atoms with Crippen LogP contribution in [0.3, 0.4) is 0 Å². The van der Waals surface area contributed by atoms with Gasteiger partial charge < -0.3 is 4.74 Å². The number of nitrogens with zero attached hydrogens (tertiary/aromatic N) is 1. The summed E-state index contributed by atoms with van der Waals surface area (Å²) in [5.41, 5.74) is 4.13. The van der Waals surface area contributed by atoms with Gasteiger partial charge in [0.05, 0.1) is 5.71 Å². The van der Waals surface area contributed by atoms with E-state index in [2.05, 4.69) is 31.2 Å². The van der Waals surface area contributed by atoms with E-state index >= 15 is 0 Å². The number of hydrogen-bond donors (Lipinski definition) is 1. The molecule has 0 aliphatic carbocycles. The third-order valence-corrected chi connectivity index (χ3v) is 3.22. The van der Waals surface area contributed by atoms with Crippen molar-refractivity contribution in [1.82, 2.24) is 5.43 Å². The lowest BCUT2D eigenvalue weighted by molar-refractivity contribution is -0.118.